The highest BCUT2D eigenvalue weighted by atomic mass is 32.2. The molecule has 0 amide bonds. The molecule has 6 nitrogen and oxygen atoms in total. The van der Waals surface area contributed by atoms with Gasteiger partial charge in [-0.1, -0.05) is 13.8 Å². The monoisotopic (exact) mass is 304 g/mol. The number of nitrogens with zero attached hydrogens (tertiary/aromatic N) is 1. The molecule has 1 aromatic rings. The van der Waals surface area contributed by atoms with Crippen LogP contribution in [0.15, 0.2) is 21.6 Å². The van der Waals surface area contributed by atoms with Crippen LogP contribution in [-0.4, -0.2) is 45.6 Å². The van der Waals surface area contributed by atoms with Crippen molar-refractivity contribution in [3.63, 3.8) is 0 Å². The van der Waals surface area contributed by atoms with E-state index in [2.05, 4.69) is 5.32 Å². The largest absolute Gasteiger partial charge is 0.447 e. The summed E-state index contributed by atoms with van der Waals surface area (Å²) in [6.07, 6.45) is 0. The Balaban J connectivity index is 2.76. The molecule has 0 aliphatic rings. The number of rotatable bonds is 10. The molecule has 0 unspecified atom stereocenters. The van der Waals surface area contributed by atoms with Crippen molar-refractivity contribution in [2.24, 2.45) is 0 Å². The first kappa shape index (κ1) is 17.2. The van der Waals surface area contributed by atoms with E-state index in [0.717, 1.165) is 6.54 Å². The van der Waals surface area contributed by atoms with Crippen LogP contribution in [0.3, 0.4) is 0 Å². The van der Waals surface area contributed by atoms with Gasteiger partial charge in [-0.25, -0.2) is 8.42 Å². The number of sulfonamides is 1. The molecule has 1 rings (SSSR count). The molecule has 0 saturated heterocycles. The fourth-order valence-corrected chi connectivity index (χ4v) is 3.09. The lowest BCUT2D eigenvalue weighted by Crippen LogP contribution is -2.33. The van der Waals surface area contributed by atoms with Crippen LogP contribution in [0.25, 0.3) is 0 Å². The molecule has 0 aliphatic carbocycles. The van der Waals surface area contributed by atoms with Gasteiger partial charge in [0.1, 0.15) is 5.76 Å². The second-order valence-electron chi connectivity index (χ2n) is 4.19. The average Bonchev–Trinajstić information content (AvgIpc) is 2.90. The summed E-state index contributed by atoms with van der Waals surface area (Å²) in [5.74, 6) is 0.617. The summed E-state index contributed by atoms with van der Waals surface area (Å²) in [7, 11) is -3.58. The molecule has 1 heterocycles. The van der Waals surface area contributed by atoms with Gasteiger partial charge in [0.15, 0.2) is 0 Å². The van der Waals surface area contributed by atoms with E-state index in [4.69, 9.17) is 9.15 Å². The predicted molar refractivity (Wildman–Crippen MR) is 77.0 cm³/mol. The molecule has 0 bridgehead atoms. The molecule has 0 aromatic carbocycles. The minimum absolute atomic E-state index is 0.0104. The zero-order valence-electron chi connectivity index (χ0n) is 12.4. The van der Waals surface area contributed by atoms with Crippen molar-refractivity contribution in [3.05, 3.63) is 17.9 Å². The third-order valence-electron chi connectivity index (χ3n) is 2.82. The Hall–Kier alpha value is -0.890. The molecular formula is C13H24N2O4S. The minimum atomic E-state index is -3.58. The zero-order valence-corrected chi connectivity index (χ0v) is 13.2. The number of nitrogens with one attached hydrogen (secondary N) is 1. The second-order valence-corrected chi connectivity index (χ2v) is 6.06. The van der Waals surface area contributed by atoms with E-state index in [0.29, 0.717) is 38.6 Å². The summed E-state index contributed by atoms with van der Waals surface area (Å²) in [6, 6.07) is 3.19. The van der Waals surface area contributed by atoms with Crippen LogP contribution in [-0.2, 0) is 21.3 Å². The Kier molecular flexibility index (Phi) is 7.22. The van der Waals surface area contributed by atoms with Crippen LogP contribution in [0.5, 0.6) is 0 Å². The lowest BCUT2D eigenvalue weighted by Gasteiger charge is -2.18. The Bertz CT molecular complexity index is 484. The molecule has 1 N–H and O–H groups in total. The Morgan fingerprint density at radius 1 is 1.30 bits per heavy atom. The molecule has 0 fully saturated rings. The van der Waals surface area contributed by atoms with Crippen molar-refractivity contribution in [1.82, 2.24) is 9.62 Å². The summed E-state index contributed by atoms with van der Waals surface area (Å²) in [4.78, 5) is 0. The van der Waals surface area contributed by atoms with Gasteiger partial charge in [-0.3, -0.25) is 0 Å². The third-order valence-corrected chi connectivity index (χ3v) is 4.67. The van der Waals surface area contributed by atoms with Gasteiger partial charge in [-0.15, -0.1) is 0 Å². The van der Waals surface area contributed by atoms with Gasteiger partial charge in [-0.05, 0) is 25.6 Å². The highest BCUT2D eigenvalue weighted by molar-refractivity contribution is 7.89. The molecule has 7 heteroatoms. The molecule has 1 aromatic heterocycles. The van der Waals surface area contributed by atoms with E-state index >= 15 is 0 Å². The number of hydrogen-bond acceptors (Lipinski definition) is 5. The van der Waals surface area contributed by atoms with Gasteiger partial charge in [0.05, 0.1) is 13.2 Å². The predicted octanol–water partition coefficient (Wildman–Crippen LogP) is 1.44. The van der Waals surface area contributed by atoms with Gasteiger partial charge >= 0.3 is 0 Å². The van der Waals surface area contributed by atoms with Crippen molar-refractivity contribution >= 4 is 10.0 Å². The molecule has 0 saturated carbocycles. The highest BCUT2D eigenvalue weighted by Crippen LogP contribution is 2.18. The first-order valence-electron chi connectivity index (χ1n) is 6.93. The van der Waals surface area contributed by atoms with E-state index in [1.165, 1.54) is 10.4 Å². The van der Waals surface area contributed by atoms with Gasteiger partial charge in [0.2, 0.25) is 5.09 Å². The van der Waals surface area contributed by atoms with Crippen LogP contribution in [0.4, 0.5) is 0 Å². The summed E-state index contributed by atoms with van der Waals surface area (Å²) in [6.45, 7) is 8.66. The normalized spacial score (nSPS) is 12.2. The number of ether oxygens (including phenoxy) is 1. The molecule has 0 radical (unpaired) electrons. The lowest BCUT2D eigenvalue weighted by atomic mass is 10.4. The van der Waals surface area contributed by atoms with Crippen LogP contribution in [0.2, 0.25) is 0 Å². The van der Waals surface area contributed by atoms with Crippen LogP contribution in [0, 0.1) is 0 Å². The van der Waals surface area contributed by atoms with Gasteiger partial charge < -0.3 is 14.5 Å². The molecule has 0 spiro atoms. The fourth-order valence-electron chi connectivity index (χ4n) is 1.73. The Labute approximate surface area is 121 Å². The Morgan fingerprint density at radius 2 is 2.05 bits per heavy atom. The topological polar surface area (TPSA) is 71.8 Å². The second kappa shape index (κ2) is 8.41. The maximum atomic E-state index is 12.4. The number of hydrogen-bond donors (Lipinski definition) is 1. The molecule has 116 valence electrons. The molecular weight excluding hydrogens is 280 g/mol. The first-order valence-corrected chi connectivity index (χ1v) is 8.37. The van der Waals surface area contributed by atoms with Crippen molar-refractivity contribution in [3.8, 4) is 0 Å². The first-order chi connectivity index (χ1) is 9.56. The zero-order chi connectivity index (χ0) is 15.0. The number of furan rings is 1. The average molecular weight is 304 g/mol. The standard InChI is InChI=1S/C13H24N2O4S/c1-4-14-11-12-7-8-13(19-12)20(16,17)15(5-2)9-10-18-6-3/h7-8,14H,4-6,9-11H2,1-3H3. The summed E-state index contributed by atoms with van der Waals surface area (Å²) < 4.78 is 36.8. The highest BCUT2D eigenvalue weighted by Gasteiger charge is 2.26. The smallest absolute Gasteiger partial charge is 0.276 e. The minimum Gasteiger partial charge on any atom is -0.447 e. The van der Waals surface area contributed by atoms with Crippen LogP contribution >= 0.6 is 0 Å². The van der Waals surface area contributed by atoms with Crippen molar-refractivity contribution in [2.75, 3.05) is 32.8 Å². The summed E-state index contributed by atoms with van der Waals surface area (Å²) in [5, 5.41) is 3.08. The fraction of sp³-hybridized carbons (Fsp3) is 0.692. The van der Waals surface area contributed by atoms with E-state index < -0.39 is 10.0 Å². The van der Waals surface area contributed by atoms with Crippen LogP contribution < -0.4 is 5.32 Å². The van der Waals surface area contributed by atoms with Gasteiger partial charge in [0.25, 0.3) is 10.0 Å². The van der Waals surface area contributed by atoms with Crippen LogP contribution in [0.1, 0.15) is 26.5 Å². The maximum Gasteiger partial charge on any atom is 0.276 e. The maximum absolute atomic E-state index is 12.4. The quantitative estimate of drug-likeness (QED) is 0.662. The molecule has 20 heavy (non-hydrogen) atoms. The van der Waals surface area contributed by atoms with Gasteiger partial charge in [-0.2, -0.15) is 4.31 Å². The van der Waals surface area contributed by atoms with Crippen molar-refractivity contribution in [2.45, 2.75) is 32.4 Å². The van der Waals surface area contributed by atoms with Crippen molar-refractivity contribution < 1.29 is 17.6 Å². The Morgan fingerprint density at radius 3 is 2.65 bits per heavy atom. The van der Waals surface area contributed by atoms with Crippen molar-refractivity contribution in [1.29, 1.82) is 0 Å². The summed E-state index contributed by atoms with van der Waals surface area (Å²) >= 11 is 0. The van der Waals surface area contributed by atoms with Gasteiger partial charge in [0, 0.05) is 19.7 Å². The van der Waals surface area contributed by atoms with E-state index in [-0.39, 0.29) is 5.09 Å². The molecule has 0 aliphatic heterocycles. The van der Waals surface area contributed by atoms with E-state index in [1.54, 1.807) is 13.0 Å². The lowest BCUT2D eigenvalue weighted by molar-refractivity contribution is 0.135. The summed E-state index contributed by atoms with van der Waals surface area (Å²) in [5.41, 5.74) is 0. The van der Waals surface area contributed by atoms with E-state index in [9.17, 15) is 8.42 Å². The SMILES string of the molecule is CCNCc1ccc(S(=O)(=O)N(CC)CCOCC)o1. The third kappa shape index (κ3) is 4.59. The molecule has 0 atom stereocenters. The number of likely N-dealkylation sites (N-methyl/N-ethyl adjacent to an activating group) is 1. The van der Waals surface area contributed by atoms with E-state index in [1.807, 2.05) is 13.8 Å².